The van der Waals surface area contributed by atoms with E-state index in [2.05, 4.69) is 5.32 Å². The molecule has 12 heavy (non-hydrogen) atoms. The van der Waals surface area contributed by atoms with Gasteiger partial charge in [-0.1, -0.05) is 24.3 Å². The van der Waals surface area contributed by atoms with Crippen LogP contribution < -0.4 is 5.32 Å². The molecule has 0 radical (unpaired) electrons. The monoisotopic (exact) mass is 161 g/mol. The van der Waals surface area contributed by atoms with Crippen LogP contribution in [-0.2, 0) is 0 Å². The van der Waals surface area contributed by atoms with Crippen molar-refractivity contribution < 1.29 is 4.79 Å². The molecule has 0 spiro atoms. The molecule has 0 saturated heterocycles. The van der Waals surface area contributed by atoms with E-state index in [-0.39, 0.29) is 11.8 Å². The summed E-state index contributed by atoms with van der Waals surface area (Å²) in [5.74, 6) is 0.255. The largest absolute Gasteiger partial charge is 0.313 e. The van der Waals surface area contributed by atoms with Crippen molar-refractivity contribution in [3.05, 3.63) is 35.4 Å². The van der Waals surface area contributed by atoms with Crippen molar-refractivity contribution >= 4 is 5.78 Å². The van der Waals surface area contributed by atoms with Gasteiger partial charge >= 0.3 is 0 Å². The summed E-state index contributed by atoms with van der Waals surface area (Å²) in [6.07, 6.45) is 0.607. The van der Waals surface area contributed by atoms with E-state index in [1.54, 1.807) is 0 Å². The Labute approximate surface area is 71.6 Å². The summed E-state index contributed by atoms with van der Waals surface area (Å²) >= 11 is 0. The second-order valence-electron chi connectivity index (χ2n) is 3.06. The molecule has 0 amide bonds. The summed E-state index contributed by atoms with van der Waals surface area (Å²) in [5, 5.41) is 3.13. The molecule has 1 aliphatic carbocycles. The van der Waals surface area contributed by atoms with Gasteiger partial charge in [-0.15, -0.1) is 0 Å². The van der Waals surface area contributed by atoms with E-state index in [4.69, 9.17) is 0 Å². The lowest BCUT2D eigenvalue weighted by Crippen LogP contribution is -2.13. The van der Waals surface area contributed by atoms with E-state index >= 15 is 0 Å². The van der Waals surface area contributed by atoms with Gasteiger partial charge in [-0.2, -0.15) is 0 Å². The zero-order valence-electron chi connectivity index (χ0n) is 7.00. The van der Waals surface area contributed by atoms with Crippen LogP contribution in [0.1, 0.15) is 28.4 Å². The molecular weight excluding hydrogens is 150 g/mol. The molecule has 1 N–H and O–H groups in total. The standard InChI is InChI=1S/C10H11NO/c1-11-9-6-10(12)8-5-3-2-4-7(8)9/h2-5,9,11H,6H2,1H3. The first kappa shape index (κ1) is 7.50. The fourth-order valence-corrected chi connectivity index (χ4v) is 1.72. The van der Waals surface area contributed by atoms with Crippen molar-refractivity contribution in [2.45, 2.75) is 12.5 Å². The fourth-order valence-electron chi connectivity index (χ4n) is 1.72. The number of carbonyl (C=O) groups excluding carboxylic acids is 1. The summed E-state index contributed by atoms with van der Waals surface area (Å²) in [5.41, 5.74) is 2.03. The van der Waals surface area contributed by atoms with E-state index in [1.807, 2.05) is 31.3 Å². The molecule has 0 aromatic heterocycles. The Kier molecular flexibility index (Phi) is 1.70. The van der Waals surface area contributed by atoms with Crippen molar-refractivity contribution in [1.29, 1.82) is 0 Å². The number of hydrogen-bond acceptors (Lipinski definition) is 2. The van der Waals surface area contributed by atoms with Crippen LogP contribution in [0, 0.1) is 0 Å². The number of ketones is 1. The maximum atomic E-state index is 11.4. The molecule has 62 valence electrons. The second-order valence-corrected chi connectivity index (χ2v) is 3.06. The fraction of sp³-hybridized carbons (Fsp3) is 0.300. The average molecular weight is 161 g/mol. The van der Waals surface area contributed by atoms with Gasteiger partial charge in [-0.25, -0.2) is 0 Å². The van der Waals surface area contributed by atoms with Gasteiger partial charge in [-0.05, 0) is 12.6 Å². The van der Waals surface area contributed by atoms with Crippen molar-refractivity contribution in [2.24, 2.45) is 0 Å². The van der Waals surface area contributed by atoms with Crippen LogP contribution in [0.25, 0.3) is 0 Å². The molecule has 0 saturated carbocycles. The van der Waals surface area contributed by atoms with Crippen LogP contribution in [0.2, 0.25) is 0 Å². The number of rotatable bonds is 1. The van der Waals surface area contributed by atoms with Crippen molar-refractivity contribution in [3.8, 4) is 0 Å². The lowest BCUT2D eigenvalue weighted by atomic mass is 10.1. The van der Waals surface area contributed by atoms with Gasteiger partial charge < -0.3 is 5.32 Å². The third-order valence-electron chi connectivity index (χ3n) is 2.37. The van der Waals surface area contributed by atoms with Crippen LogP contribution in [0.15, 0.2) is 24.3 Å². The van der Waals surface area contributed by atoms with Crippen LogP contribution in [0.4, 0.5) is 0 Å². The predicted molar refractivity (Wildman–Crippen MR) is 47.2 cm³/mol. The van der Waals surface area contributed by atoms with Crippen molar-refractivity contribution in [3.63, 3.8) is 0 Å². The smallest absolute Gasteiger partial charge is 0.165 e. The van der Waals surface area contributed by atoms with E-state index in [1.165, 1.54) is 0 Å². The predicted octanol–water partition coefficient (Wildman–Crippen LogP) is 1.53. The topological polar surface area (TPSA) is 29.1 Å². The minimum atomic E-state index is 0.230. The highest BCUT2D eigenvalue weighted by Crippen LogP contribution is 2.29. The molecule has 2 rings (SSSR count). The molecule has 2 nitrogen and oxygen atoms in total. The van der Waals surface area contributed by atoms with Gasteiger partial charge in [0.2, 0.25) is 0 Å². The number of nitrogens with one attached hydrogen (secondary N) is 1. The van der Waals surface area contributed by atoms with E-state index < -0.39 is 0 Å². The van der Waals surface area contributed by atoms with Gasteiger partial charge in [0.05, 0.1) is 0 Å². The summed E-state index contributed by atoms with van der Waals surface area (Å²) < 4.78 is 0. The summed E-state index contributed by atoms with van der Waals surface area (Å²) in [7, 11) is 1.89. The molecule has 0 heterocycles. The van der Waals surface area contributed by atoms with Crippen LogP contribution >= 0.6 is 0 Å². The minimum Gasteiger partial charge on any atom is -0.313 e. The first-order valence-corrected chi connectivity index (χ1v) is 4.12. The normalized spacial score (nSPS) is 21.1. The lowest BCUT2D eigenvalue weighted by molar-refractivity contribution is 0.0986. The number of Topliss-reactive ketones (excluding diaryl/α,β-unsaturated/α-hetero) is 1. The van der Waals surface area contributed by atoms with Crippen molar-refractivity contribution in [2.75, 3.05) is 7.05 Å². The summed E-state index contributed by atoms with van der Waals surface area (Å²) in [4.78, 5) is 11.4. The molecule has 1 aliphatic rings. The number of hydrogen-bond donors (Lipinski definition) is 1. The molecule has 0 aliphatic heterocycles. The van der Waals surface area contributed by atoms with E-state index in [0.717, 1.165) is 11.1 Å². The highest BCUT2D eigenvalue weighted by molar-refractivity contribution is 6.01. The van der Waals surface area contributed by atoms with Crippen LogP contribution in [0.5, 0.6) is 0 Å². The maximum absolute atomic E-state index is 11.4. The molecule has 1 unspecified atom stereocenters. The average Bonchev–Trinajstić information content (AvgIpc) is 2.44. The zero-order chi connectivity index (χ0) is 8.55. The summed E-state index contributed by atoms with van der Waals surface area (Å²) in [6.45, 7) is 0. The molecule has 0 fully saturated rings. The Morgan fingerprint density at radius 3 is 2.92 bits per heavy atom. The van der Waals surface area contributed by atoms with Crippen LogP contribution in [0.3, 0.4) is 0 Å². The lowest BCUT2D eigenvalue weighted by Gasteiger charge is -2.07. The number of benzene rings is 1. The Morgan fingerprint density at radius 1 is 1.42 bits per heavy atom. The quantitative estimate of drug-likeness (QED) is 0.676. The van der Waals surface area contributed by atoms with Gasteiger partial charge in [-0.3, -0.25) is 4.79 Å². The molecular formula is C10H11NO. The minimum absolute atomic E-state index is 0.230. The number of fused-ring (bicyclic) bond motifs is 1. The molecule has 2 heteroatoms. The Hall–Kier alpha value is -1.15. The second kappa shape index (κ2) is 2.72. The number of carbonyl (C=O) groups is 1. The van der Waals surface area contributed by atoms with Crippen LogP contribution in [-0.4, -0.2) is 12.8 Å². The van der Waals surface area contributed by atoms with Gasteiger partial charge in [0.25, 0.3) is 0 Å². The first-order chi connectivity index (χ1) is 5.83. The third kappa shape index (κ3) is 0.959. The van der Waals surface area contributed by atoms with Gasteiger partial charge in [0.15, 0.2) is 5.78 Å². The zero-order valence-corrected chi connectivity index (χ0v) is 7.00. The highest BCUT2D eigenvalue weighted by atomic mass is 16.1. The third-order valence-corrected chi connectivity index (χ3v) is 2.37. The van der Waals surface area contributed by atoms with E-state index in [0.29, 0.717) is 6.42 Å². The molecule has 0 bridgehead atoms. The SMILES string of the molecule is CNC1CC(=O)c2ccccc21. The molecule has 1 aromatic rings. The maximum Gasteiger partial charge on any atom is 0.165 e. The Balaban J connectivity index is 2.50. The Morgan fingerprint density at radius 2 is 2.17 bits per heavy atom. The van der Waals surface area contributed by atoms with Crippen molar-refractivity contribution in [1.82, 2.24) is 5.32 Å². The van der Waals surface area contributed by atoms with Gasteiger partial charge in [0, 0.05) is 18.0 Å². The van der Waals surface area contributed by atoms with E-state index in [9.17, 15) is 4.79 Å². The summed E-state index contributed by atoms with van der Waals surface area (Å²) in [6, 6.07) is 8.03. The molecule has 1 aromatic carbocycles. The molecule has 1 atom stereocenters. The van der Waals surface area contributed by atoms with Gasteiger partial charge in [0.1, 0.15) is 0 Å². The Bertz CT molecular complexity index is 319. The first-order valence-electron chi connectivity index (χ1n) is 4.12. The highest BCUT2D eigenvalue weighted by Gasteiger charge is 2.26.